The fourth-order valence-electron chi connectivity index (χ4n) is 4.45. The Bertz CT molecular complexity index is 1190. The van der Waals surface area contributed by atoms with Gasteiger partial charge in [0.1, 0.15) is 0 Å². The standard InChI is InChI=1S/C24H30N6O2/c1-14(31)28-17-7-5-15(6-8-17)16-11-19-21(18(22(25)32)12-27-30(19)13-16)29-20-9-10-24(4,26)23(20,2)3/h5-8,11-13,20,29H,9-10,26H2,1-4H3,(H2,25,32)(H,28,31)/t20-,24+/m1/s1. The first-order valence-corrected chi connectivity index (χ1v) is 10.7. The van der Waals surface area contributed by atoms with E-state index in [1.165, 1.54) is 13.1 Å². The van der Waals surface area contributed by atoms with Crippen LogP contribution in [0.25, 0.3) is 16.6 Å². The number of primary amides is 1. The van der Waals surface area contributed by atoms with E-state index in [-0.39, 0.29) is 22.9 Å². The largest absolute Gasteiger partial charge is 0.379 e. The van der Waals surface area contributed by atoms with Crippen molar-refractivity contribution in [3.63, 3.8) is 0 Å². The summed E-state index contributed by atoms with van der Waals surface area (Å²) < 4.78 is 1.75. The number of nitrogens with two attached hydrogens (primary N) is 2. The summed E-state index contributed by atoms with van der Waals surface area (Å²) in [5, 5.41) is 10.8. The Morgan fingerprint density at radius 3 is 2.41 bits per heavy atom. The molecule has 2 amide bonds. The van der Waals surface area contributed by atoms with Crippen molar-refractivity contribution in [3.05, 3.63) is 48.3 Å². The number of amides is 2. The van der Waals surface area contributed by atoms with Gasteiger partial charge in [-0.3, -0.25) is 9.59 Å². The highest BCUT2D eigenvalue weighted by Crippen LogP contribution is 2.46. The van der Waals surface area contributed by atoms with E-state index in [0.717, 1.165) is 35.2 Å². The highest BCUT2D eigenvalue weighted by Gasteiger charge is 2.49. The van der Waals surface area contributed by atoms with Crippen molar-refractivity contribution in [2.75, 3.05) is 10.6 Å². The lowest BCUT2D eigenvalue weighted by atomic mass is 9.75. The Morgan fingerprint density at radius 1 is 1.16 bits per heavy atom. The Hall–Kier alpha value is -3.39. The van der Waals surface area contributed by atoms with Gasteiger partial charge in [-0.05, 0) is 43.5 Å². The fourth-order valence-corrected chi connectivity index (χ4v) is 4.45. The molecule has 2 atom stereocenters. The molecule has 0 saturated heterocycles. The van der Waals surface area contributed by atoms with Crippen LogP contribution in [0, 0.1) is 5.41 Å². The summed E-state index contributed by atoms with van der Waals surface area (Å²) in [7, 11) is 0. The van der Waals surface area contributed by atoms with Gasteiger partial charge in [0.05, 0.1) is 23.0 Å². The molecule has 2 aromatic heterocycles. The van der Waals surface area contributed by atoms with Crippen molar-refractivity contribution in [1.82, 2.24) is 9.61 Å². The summed E-state index contributed by atoms with van der Waals surface area (Å²) in [5.41, 5.74) is 16.2. The van der Waals surface area contributed by atoms with Crippen molar-refractivity contribution in [2.45, 2.75) is 52.1 Å². The summed E-state index contributed by atoms with van der Waals surface area (Å²) >= 11 is 0. The van der Waals surface area contributed by atoms with E-state index in [1.54, 1.807) is 4.52 Å². The number of carbonyl (C=O) groups excluding carboxylic acids is 2. The van der Waals surface area contributed by atoms with E-state index < -0.39 is 5.91 Å². The lowest BCUT2D eigenvalue weighted by molar-refractivity contribution is -0.114. The normalized spacial score (nSPS) is 22.1. The highest BCUT2D eigenvalue weighted by molar-refractivity contribution is 6.02. The second kappa shape index (κ2) is 7.63. The van der Waals surface area contributed by atoms with Crippen LogP contribution in [0.5, 0.6) is 0 Å². The minimum atomic E-state index is -0.531. The Labute approximate surface area is 187 Å². The van der Waals surface area contributed by atoms with Gasteiger partial charge >= 0.3 is 0 Å². The Morgan fingerprint density at radius 2 is 1.84 bits per heavy atom. The van der Waals surface area contributed by atoms with Crippen LogP contribution in [0.3, 0.4) is 0 Å². The predicted octanol–water partition coefficient (Wildman–Crippen LogP) is 3.38. The smallest absolute Gasteiger partial charge is 0.252 e. The number of fused-ring (bicyclic) bond motifs is 1. The fraction of sp³-hybridized carbons (Fsp3) is 0.375. The molecule has 4 rings (SSSR count). The topological polar surface area (TPSA) is 128 Å². The van der Waals surface area contributed by atoms with Crippen LogP contribution in [0.2, 0.25) is 0 Å². The molecule has 8 nitrogen and oxygen atoms in total. The maximum absolute atomic E-state index is 12.2. The minimum Gasteiger partial charge on any atom is -0.379 e. The molecule has 1 saturated carbocycles. The van der Waals surface area contributed by atoms with Crippen molar-refractivity contribution in [2.24, 2.45) is 16.9 Å². The van der Waals surface area contributed by atoms with E-state index in [0.29, 0.717) is 11.3 Å². The highest BCUT2D eigenvalue weighted by atomic mass is 16.1. The number of anilines is 2. The number of rotatable bonds is 5. The molecule has 0 aliphatic heterocycles. The maximum Gasteiger partial charge on any atom is 0.252 e. The van der Waals surface area contributed by atoms with Crippen LogP contribution < -0.4 is 22.1 Å². The number of aromatic nitrogens is 2. The number of nitrogens with one attached hydrogen (secondary N) is 2. The second-order valence-electron chi connectivity index (χ2n) is 9.49. The molecule has 1 aromatic carbocycles. The van der Waals surface area contributed by atoms with Crippen molar-refractivity contribution >= 4 is 28.7 Å². The van der Waals surface area contributed by atoms with Gasteiger partial charge in [-0.1, -0.05) is 26.0 Å². The molecular weight excluding hydrogens is 404 g/mol. The average Bonchev–Trinajstić information content (AvgIpc) is 3.22. The van der Waals surface area contributed by atoms with Crippen LogP contribution in [-0.4, -0.2) is 33.0 Å². The molecule has 0 bridgehead atoms. The molecule has 2 heterocycles. The zero-order chi connectivity index (χ0) is 23.3. The van der Waals surface area contributed by atoms with Crippen molar-refractivity contribution in [3.8, 4) is 11.1 Å². The molecule has 1 fully saturated rings. The molecule has 0 spiro atoms. The van der Waals surface area contributed by atoms with Crippen LogP contribution in [0.4, 0.5) is 11.4 Å². The van der Waals surface area contributed by atoms with Gasteiger partial charge in [0.25, 0.3) is 5.91 Å². The summed E-state index contributed by atoms with van der Waals surface area (Å²) in [6.45, 7) is 7.86. The number of hydrogen-bond donors (Lipinski definition) is 4. The molecule has 168 valence electrons. The van der Waals surface area contributed by atoms with Crippen LogP contribution in [0.15, 0.2) is 42.7 Å². The van der Waals surface area contributed by atoms with Gasteiger partial charge < -0.3 is 22.1 Å². The third-order valence-corrected chi connectivity index (χ3v) is 7.06. The quantitative estimate of drug-likeness (QED) is 0.489. The number of nitrogens with zero attached hydrogens (tertiary/aromatic N) is 2. The number of benzene rings is 1. The zero-order valence-corrected chi connectivity index (χ0v) is 18.9. The molecule has 6 N–H and O–H groups in total. The molecule has 0 unspecified atom stereocenters. The first-order chi connectivity index (χ1) is 15.0. The number of hydrogen-bond acceptors (Lipinski definition) is 5. The van der Waals surface area contributed by atoms with Gasteiger partial charge in [0.15, 0.2) is 0 Å². The van der Waals surface area contributed by atoms with E-state index in [1.807, 2.05) is 36.5 Å². The maximum atomic E-state index is 12.2. The van der Waals surface area contributed by atoms with Gasteiger partial charge in [-0.2, -0.15) is 5.10 Å². The van der Waals surface area contributed by atoms with Crippen molar-refractivity contribution < 1.29 is 9.59 Å². The summed E-state index contributed by atoms with van der Waals surface area (Å²) in [6.07, 6.45) is 5.19. The molecule has 32 heavy (non-hydrogen) atoms. The molecule has 3 aromatic rings. The Balaban J connectivity index is 1.75. The summed E-state index contributed by atoms with van der Waals surface area (Å²) in [4.78, 5) is 23.5. The van der Waals surface area contributed by atoms with E-state index in [4.69, 9.17) is 11.5 Å². The second-order valence-corrected chi connectivity index (χ2v) is 9.49. The average molecular weight is 435 g/mol. The zero-order valence-electron chi connectivity index (χ0n) is 18.9. The molecule has 8 heteroatoms. The molecular formula is C24H30N6O2. The lowest BCUT2D eigenvalue weighted by Crippen LogP contribution is -2.51. The van der Waals surface area contributed by atoms with Crippen LogP contribution in [0.1, 0.15) is 50.9 Å². The third kappa shape index (κ3) is 3.71. The van der Waals surface area contributed by atoms with E-state index in [2.05, 4.69) is 36.5 Å². The van der Waals surface area contributed by atoms with Crippen LogP contribution >= 0.6 is 0 Å². The Kier molecular flexibility index (Phi) is 5.21. The first kappa shape index (κ1) is 21.8. The van der Waals surface area contributed by atoms with Gasteiger partial charge in [-0.15, -0.1) is 0 Å². The van der Waals surface area contributed by atoms with Crippen LogP contribution in [-0.2, 0) is 4.79 Å². The van der Waals surface area contributed by atoms with Gasteiger partial charge in [0.2, 0.25) is 5.91 Å². The van der Waals surface area contributed by atoms with Gasteiger partial charge in [-0.25, -0.2) is 4.52 Å². The molecule has 1 aliphatic carbocycles. The van der Waals surface area contributed by atoms with Crippen molar-refractivity contribution in [1.29, 1.82) is 0 Å². The van der Waals surface area contributed by atoms with Gasteiger partial charge in [0, 0.05) is 41.4 Å². The van der Waals surface area contributed by atoms with E-state index >= 15 is 0 Å². The summed E-state index contributed by atoms with van der Waals surface area (Å²) in [6, 6.07) is 9.63. The first-order valence-electron chi connectivity index (χ1n) is 10.7. The monoisotopic (exact) mass is 434 g/mol. The third-order valence-electron chi connectivity index (χ3n) is 7.06. The predicted molar refractivity (Wildman–Crippen MR) is 126 cm³/mol. The lowest BCUT2D eigenvalue weighted by Gasteiger charge is -2.39. The summed E-state index contributed by atoms with van der Waals surface area (Å²) in [5.74, 6) is -0.647. The number of carbonyl (C=O) groups is 2. The SMILES string of the molecule is CC(=O)Nc1ccc(-c2cc3c(N[C@@H]4CC[C@](C)(N)C4(C)C)c(C(N)=O)cnn3c2)cc1. The molecule has 1 aliphatic rings. The molecule has 0 radical (unpaired) electrons. The minimum absolute atomic E-state index is 0.0806. The van der Waals surface area contributed by atoms with E-state index in [9.17, 15) is 9.59 Å².